The molecule has 3 atom stereocenters. The lowest BCUT2D eigenvalue weighted by atomic mass is 10.1. The van der Waals surface area contributed by atoms with E-state index < -0.39 is 0 Å². The van der Waals surface area contributed by atoms with Gasteiger partial charge in [-0.25, -0.2) is 4.79 Å². The van der Waals surface area contributed by atoms with Crippen LogP contribution in [0.3, 0.4) is 0 Å². The number of amides is 1. The number of hydrogen-bond acceptors (Lipinski definition) is 2. The summed E-state index contributed by atoms with van der Waals surface area (Å²) in [4.78, 5) is 11.4. The van der Waals surface area contributed by atoms with Crippen molar-refractivity contribution in [3.8, 4) is 0 Å². The Bertz CT molecular complexity index is 228. The van der Waals surface area contributed by atoms with Crippen LogP contribution in [-0.4, -0.2) is 18.7 Å². The van der Waals surface area contributed by atoms with E-state index in [2.05, 4.69) is 19.2 Å². The molecule has 0 bridgehead atoms. The molecule has 1 rings (SSSR count). The van der Waals surface area contributed by atoms with Crippen molar-refractivity contribution in [2.75, 3.05) is 6.61 Å². The Balaban J connectivity index is 2.24. The Labute approximate surface area is 105 Å². The van der Waals surface area contributed by atoms with E-state index in [9.17, 15) is 4.79 Å². The third-order valence-corrected chi connectivity index (χ3v) is 3.57. The molecule has 1 saturated carbocycles. The maximum atomic E-state index is 11.4. The van der Waals surface area contributed by atoms with Gasteiger partial charge in [-0.15, -0.1) is 0 Å². The molecule has 3 heteroatoms. The van der Waals surface area contributed by atoms with Crippen LogP contribution in [0.4, 0.5) is 4.79 Å². The zero-order valence-corrected chi connectivity index (χ0v) is 11.7. The Morgan fingerprint density at radius 3 is 2.06 bits per heavy atom. The summed E-state index contributed by atoms with van der Waals surface area (Å²) in [5.41, 5.74) is 0. The van der Waals surface area contributed by atoms with Crippen molar-refractivity contribution < 1.29 is 9.53 Å². The molecule has 1 aliphatic rings. The standard InChI is InChI=1S/C14H27NO2/c1-5-7-11-12(8-6-2)13(11)9-17-14(16)15-10(3)4/h10-13H,5-9H2,1-4H3,(H,15,16)/t11-,12+,13?. The number of nitrogens with one attached hydrogen (secondary N) is 1. The fourth-order valence-corrected chi connectivity index (χ4v) is 2.74. The van der Waals surface area contributed by atoms with E-state index in [-0.39, 0.29) is 12.1 Å². The van der Waals surface area contributed by atoms with Gasteiger partial charge in [0.2, 0.25) is 0 Å². The molecule has 3 nitrogen and oxygen atoms in total. The van der Waals surface area contributed by atoms with Crippen LogP contribution < -0.4 is 5.32 Å². The third kappa shape index (κ3) is 4.57. The van der Waals surface area contributed by atoms with E-state index in [1.54, 1.807) is 0 Å². The third-order valence-electron chi connectivity index (χ3n) is 3.57. The second kappa shape index (κ2) is 6.87. The van der Waals surface area contributed by atoms with Gasteiger partial charge in [0.15, 0.2) is 0 Å². The SMILES string of the molecule is CCC[C@@H]1C(COC(=O)NC(C)C)[C@@H]1CCC. The maximum absolute atomic E-state index is 11.4. The van der Waals surface area contributed by atoms with Gasteiger partial charge in [-0.2, -0.15) is 0 Å². The Morgan fingerprint density at radius 1 is 1.12 bits per heavy atom. The monoisotopic (exact) mass is 241 g/mol. The van der Waals surface area contributed by atoms with Crippen LogP contribution in [0.25, 0.3) is 0 Å². The van der Waals surface area contributed by atoms with Crippen molar-refractivity contribution in [1.29, 1.82) is 0 Å². The van der Waals surface area contributed by atoms with Gasteiger partial charge in [0.25, 0.3) is 0 Å². The first-order valence-electron chi connectivity index (χ1n) is 7.03. The molecule has 0 saturated heterocycles. The fourth-order valence-electron chi connectivity index (χ4n) is 2.74. The second-order valence-electron chi connectivity index (χ2n) is 5.47. The number of hydrogen-bond donors (Lipinski definition) is 1. The zero-order valence-electron chi connectivity index (χ0n) is 11.7. The minimum atomic E-state index is -0.266. The van der Waals surface area contributed by atoms with Gasteiger partial charge < -0.3 is 10.1 Å². The van der Waals surface area contributed by atoms with E-state index in [0.29, 0.717) is 12.5 Å². The number of carbonyl (C=O) groups excluding carboxylic acids is 1. The minimum absolute atomic E-state index is 0.152. The van der Waals surface area contributed by atoms with Crippen LogP contribution >= 0.6 is 0 Å². The molecule has 1 fully saturated rings. The van der Waals surface area contributed by atoms with E-state index in [4.69, 9.17) is 4.74 Å². The number of ether oxygens (including phenoxy) is 1. The van der Waals surface area contributed by atoms with Crippen LogP contribution in [0, 0.1) is 17.8 Å². The highest BCUT2D eigenvalue weighted by Gasteiger charge is 2.48. The lowest BCUT2D eigenvalue weighted by Crippen LogP contribution is -2.31. The normalized spacial score (nSPS) is 27.0. The number of carbonyl (C=O) groups is 1. The van der Waals surface area contributed by atoms with Crippen molar-refractivity contribution >= 4 is 6.09 Å². The van der Waals surface area contributed by atoms with Crippen LogP contribution in [0.2, 0.25) is 0 Å². The van der Waals surface area contributed by atoms with Crippen LogP contribution in [0.15, 0.2) is 0 Å². The predicted octanol–water partition coefficient (Wildman–Crippen LogP) is 3.58. The van der Waals surface area contributed by atoms with E-state index >= 15 is 0 Å². The smallest absolute Gasteiger partial charge is 0.407 e. The van der Waals surface area contributed by atoms with Crippen molar-refractivity contribution in [1.82, 2.24) is 5.32 Å². The van der Waals surface area contributed by atoms with Crippen molar-refractivity contribution in [2.24, 2.45) is 17.8 Å². The summed E-state index contributed by atoms with van der Waals surface area (Å²) in [6, 6.07) is 0.152. The minimum Gasteiger partial charge on any atom is -0.449 e. The van der Waals surface area contributed by atoms with E-state index in [1.165, 1.54) is 25.7 Å². The summed E-state index contributed by atoms with van der Waals surface area (Å²) in [5, 5.41) is 2.76. The first-order chi connectivity index (χ1) is 8.10. The van der Waals surface area contributed by atoms with Gasteiger partial charge in [-0.1, -0.05) is 39.5 Å². The summed E-state index contributed by atoms with van der Waals surface area (Å²) >= 11 is 0. The van der Waals surface area contributed by atoms with Crippen LogP contribution in [0.1, 0.15) is 53.4 Å². The van der Waals surface area contributed by atoms with Gasteiger partial charge in [-0.05, 0) is 31.6 Å². The summed E-state index contributed by atoms with van der Waals surface area (Å²) in [6.07, 6.45) is 4.77. The first kappa shape index (κ1) is 14.3. The van der Waals surface area contributed by atoms with Crippen molar-refractivity contribution in [3.63, 3.8) is 0 Å². The van der Waals surface area contributed by atoms with Gasteiger partial charge in [0.1, 0.15) is 0 Å². The molecule has 0 aromatic rings. The summed E-state index contributed by atoms with van der Waals surface area (Å²) in [7, 11) is 0. The van der Waals surface area contributed by atoms with Crippen molar-refractivity contribution in [2.45, 2.75) is 59.4 Å². The maximum Gasteiger partial charge on any atom is 0.407 e. The van der Waals surface area contributed by atoms with Crippen molar-refractivity contribution in [3.05, 3.63) is 0 Å². The molecule has 1 amide bonds. The largest absolute Gasteiger partial charge is 0.449 e. The van der Waals surface area contributed by atoms with Gasteiger partial charge in [-0.3, -0.25) is 0 Å². The fraction of sp³-hybridized carbons (Fsp3) is 0.929. The Hall–Kier alpha value is -0.730. The molecule has 1 unspecified atom stereocenters. The highest BCUT2D eigenvalue weighted by Crippen LogP contribution is 2.51. The molecule has 1 N–H and O–H groups in total. The average Bonchev–Trinajstić information content (AvgIpc) is 2.88. The van der Waals surface area contributed by atoms with Gasteiger partial charge in [0, 0.05) is 6.04 Å². The average molecular weight is 241 g/mol. The Kier molecular flexibility index (Phi) is 5.79. The van der Waals surface area contributed by atoms with Gasteiger partial charge >= 0.3 is 6.09 Å². The summed E-state index contributed by atoms with van der Waals surface area (Å²) in [6.45, 7) is 8.94. The highest BCUT2D eigenvalue weighted by atomic mass is 16.5. The molecule has 0 radical (unpaired) electrons. The quantitative estimate of drug-likeness (QED) is 0.739. The predicted molar refractivity (Wildman–Crippen MR) is 69.9 cm³/mol. The lowest BCUT2D eigenvalue weighted by molar-refractivity contribution is 0.135. The first-order valence-corrected chi connectivity index (χ1v) is 7.03. The zero-order chi connectivity index (χ0) is 12.8. The van der Waals surface area contributed by atoms with Crippen LogP contribution in [-0.2, 0) is 4.74 Å². The van der Waals surface area contributed by atoms with Gasteiger partial charge in [0.05, 0.1) is 6.61 Å². The number of alkyl carbamates (subject to hydrolysis) is 1. The number of rotatable bonds is 7. The van der Waals surface area contributed by atoms with E-state index in [1.807, 2.05) is 13.8 Å². The molecule has 0 aliphatic heterocycles. The molecule has 0 aromatic carbocycles. The molecule has 1 aliphatic carbocycles. The second-order valence-corrected chi connectivity index (χ2v) is 5.47. The summed E-state index contributed by atoms with van der Waals surface area (Å²) in [5.74, 6) is 2.21. The van der Waals surface area contributed by atoms with Crippen LogP contribution in [0.5, 0.6) is 0 Å². The Morgan fingerprint density at radius 2 is 1.65 bits per heavy atom. The lowest BCUT2D eigenvalue weighted by Gasteiger charge is -2.09. The highest BCUT2D eigenvalue weighted by molar-refractivity contribution is 5.67. The topological polar surface area (TPSA) is 38.3 Å². The molecule has 0 heterocycles. The summed E-state index contributed by atoms with van der Waals surface area (Å²) < 4.78 is 5.28. The van der Waals surface area contributed by atoms with E-state index in [0.717, 1.165) is 11.8 Å². The molecule has 0 aromatic heterocycles. The molecule has 100 valence electrons. The molecule has 17 heavy (non-hydrogen) atoms. The molecular formula is C14H27NO2. The molecule has 0 spiro atoms. The molecular weight excluding hydrogens is 214 g/mol.